The van der Waals surface area contributed by atoms with Crippen molar-refractivity contribution in [1.29, 1.82) is 0 Å². The molecule has 0 spiro atoms. The molecular weight excluding hydrogens is 320 g/mol. The molecule has 0 radical (unpaired) electrons. The van der Waals surface area contributed by atoms with E-state index >= 15 is 0 Å². The van der Waals surface area contributed by atoms with Gasteiger partial charge in [-0.2, -0.15) is 12.6 Å². The minimum atomic E-state index is 0.278. The van der Waals surface area contributed by atoms with E-state index in [2.05, 4.69) is 34.6 Å². The van der Waals surface area contributed by atoms with Gasteiger partial charge in [-0.05, 0) is 107 Å². The molecule has 0 aromatic rings. The fraction of sp³-hybridized carbons (Fsp3) is 0.917. The predicted octanol–water partition coefficient (Wildman–Crippen LogP) is 7.30. The van der Waals surface area contributed by atoms with Crippen LogP contribution in [0.15, 0.2) is 11.1 Å². The fourth-order valence-corrected chi connectivity index (χ4v) is 9.43. The van der Waals surface area contributed by atoms with Crippen molar-refractivity contribution < 1.29 is 0 Å². The van der Waals surface area contributed by atoms with Gasteiger partial charge >= 0.3 is 0 Å². The molecule has 4 saturated carbocycles. The summed E-state index contributed by atoms with van der Waals surface area (Å²) in [6, 6.07) is 0. The predicted molar refractivity (Wildman–Crippen MR) is 112 cm³/mol. The van der Waals surface area contributed by atoms with Crippen LogP contribution in [0.3, 0.4) is 0 Å². The smallest absolute Gasteiger partial charge is 0.0228 e. The van der Waals surface area contributed by atoms with Crippen LogP contribution in [0.25, 0.3) is 0 Å². The molecule has 0 heterocycles. The van der Waals surface area contributed by atoms with Gasteiger partial charge in [0.2, 0.25) is 0 Å². The first kappa shape index (κ1) is 18.5. The number of allylic oxidation sites excluding steroid dienone is 2. The lowest BCUT2D eigenvalue weighted by Gasteiger charge is -2.62. The first-order valence-electron chi connectivity index (χ1n) is 11.2. The molecule has 4 aliphatic rings. The summed E-state index contributed by atoms with van der Waals surface area (Å²) in [5, 5.41) is 0. The van der Waals surface area contributed by atoms with Crippen LogP contribution >= 0.6 is 12.6 Å². The zero-order chi connectivity index (χ0) is 18.0. The Morgan fingerprint density at radius 3 is 2.44 bits per heavy atom. The summed E-state index contributed by atoms with van der Waals surface area (Å²) >= 11 is 5.52. The third-order valence-corrected chi connectivity index (χ3v) is 10.4. The second-order valence-corrected chi connectivity index (χ2v) is 11.6. The summed E-state index contributed by atoms with van der Waals surface area (Å²) in [6.07, 6.45) is 13.2. The number of fused-ring (bicyclic) bond motifs is 5. The summed E-state index contributed by atoms with van der Waals surface area (Å²) in [5.41, 5.74) is 3.83. The van der Waals surface area contributed by atoms with Crippen LogP contribution in [0.2, 0.25) is 0 Å². The van der Waals surface area contributed by atoms with Gasteiger partial charge in [0.25, 0.3) is 0 Å². The highest BCUT2D eigenvalue weighted by atomic mass is 32.1. The second-order valence-electron chi connectivity index (χ2n) is 10.8. The lowest BCUT2D eigenvalue weighted by Crippen LogP contribution is -2.57. The van der Waals surface area contributed by atoms with Gasteiger partial charge in [-0.1, -0.05) is 37.8 Å². The SMILES string of the molecule is CC(C)=C(C)C1CCC2C3CCC4CCCCC4(C)C3C(C)CC12S. The summed E-state index contributed by atoms with van der Waals surface area (Å²) in [7, 11) is 0. The number of rotatable bonds is 1. The molecule has 1 heteroatoms. The fourth-order valence-electron chi connectivity index (χ4n) is 8.49. The molecule has 0 N–H and O–H groups in total. The first-order valence-corrected chi connectivity index (χ1v) is 11.6. The monoisotopic (exact) mass is 360 g/mol. The van der Waals surface area contributed by atoms with E-state index in [1.165, 1.54) is 63.4 Å². The van der Waals surface area contributed by atoms with Gasteiger partial charge in [0.05, 0.1) is 0 Å². The molecule has 25 heavy (non-hydrogen) atoms. The average Bonchev–Trinajstić information content (AvgIpc) is 2.89. The maximum absolute atomic E-state index is 5.52. The van der Waals surface area contributed by atoms with E-state index in [1.54, 1.807) is 5.57 Å². The highest BCUT2D eigenvalue weighted by molar-refractivity contribution is 7.81. The molecule has 4 fully saturated rings. The van der Waals surface area contributed by atoms with Gasteiger partial charge in [0.15, 0.2) is 0 Å². The van der Waals surface area contributed by atoms with Crippen molar-refractivity contribution in [1.82, 2.24) is 0 Å². The normalized spacial score (nSPS) is 52.1. The molecule has 8 unspecified atom stereocenters. The zero-order valence-corrected chi connectivity index (χ0v) is 18.2. The van der Waals surface area contributed by atoms with E-state index in [0.29, 0.717) is 5.41 Å². The summed E-state index contributed by atoms with van der Waals surface area (Å²) in [6.45, 7) is 12.3. The Bertz CT molecular complexity index is 558. The number of thiol groups is 1. The average molecular weight is 361 g/mol. The Morgan fingerprint density at radius 2 is 1.72 bits per heavy atom. The van der Waals surface area contributed by atoms with Crippen LogP contribution in [0.5, 0.6) is 0 Å². The molecule has 0 saturated heterocycles. The van der Waals surface area contributed by atoms with Gasteiger partial charge in [-0.25, -0.2) is 0 Å². The quantitative estimate of drug-likeness (QED) is 0.368. The van der Waals surface area contributed by atoms with Gasteiger partial charge in [0, 0.05) is 4.75 Å². The van der Waals surface area contributed by atoms with Gasteiger partial charge < -0.3 is 0 Å². The molecule has 4 aliphatic carbocycles. The van der Waals surface area contributed by atoms with Crippen LogP contribution in [0.4, 0.5) is 0 Å². The molecular formula is C24H40S. The summed E-state index contributed by atoms with van der Waals surface area (Å²) in [5.74, 6) is 5.41. The van der Waals surface area contributed by atoms with E-state index in [9.17, 15) is 0 Å². The Hall–Kier alpha value is 0.0900. The minimum absolute atomic E-state index is 0.278. The lowest BCUT2D eigenvalue weighted by molar-refractivity contribution is -0.106. The van der Waals surface area contributed by atoms with Crippen LogP contribution in [0, 0.1) is 40.9 Å². The van der Waals surface area contributed by atoms with Crippen molar-refractivity contribution in [2.45, 2.75) is 97.2 Å². The zero-order valence-electron chi connectivity index (χ0n) is 17.3. The molecule has 4 rings (SSSR count). The van der Waals surface area contributed by atoms with Crippen molar-refractivity contribution in [2.24, 2.45) is 40.9 Å². The van der Waals surface area contributed by atoms with Crippen LogP contribution in [-0.4, -0.2) is 4.75 Å². The van der Waals surface area contributed by atoms with Crippen molar-refractivity contribution in [3.05, 3.63) is 11.1 Å². The van der Waals surface area contributed by atoms with Crippen molar-refractivity contribution in [3.8, 4) is 0 Å². The highest BCUT2D eigenvalue weighted by Gasteiger charge is 2.62. The highest BCUT2D eigenvalue weighted by Crippen LogP contribution is 2.68. The molecule has 0 aliphatic heterocycles. The molecule has 0 aromatic carbocycles. The molecule has 142 valence electrons. The van der Waals surface area contributed by atoms with Crippen molar-refractivity contribution >= 4 is 12.6 Å². The Balaban J connectivity index is 1.68. The van der Waals surface area contributed by atoms with Gasteiger partial charge in [-0.3, -0.25) is 0 Å². The van der Waals surface area contributed by atoms with E-state index in [-0.39, 0.29) is 4.75 Å². The Morgan fingerprint density at radius 1 is 0.960 bits per heavy atom. The van der Waals surface area contributed by atoms with Gasteiger partial charge in [-0.15, -0.1) is 0 Å². The Labute approximate surface area is 162 Å². The maximum Gasteiger partial charge on any atom is 0.0228 e. The molecule has 8 atom stereocenters. The minimum Gasteiger partial charge on any atom is -0.172 e. The summed E-state index contributed by atoms with van der Waals surface area (Å²) < 4.78 is 0.278. The molecule has 0 bridgehead atoms. The standard InChI is InChI=1S/C24H40S/c1-15(2)17(4)20-11-12-21-19-10-9-18-8-6-7-13-23(18,5)22(19)16(3)14-24(20,21)25/h16,18-22,25H,6-14H2,1-5H3. The largest absolute Gasteiger partial charge is 0.172 e. The van der Waals surface area contributed by atoms with Crippen molar-refractivity contribution in [3.63, 3.8) is 0 Å². The van der Waals surface area contributed by atoms with Gasteiger partial charge in [0.1, 0.15) is 0 Å². The molecule has 0 amide bonds. The first-order chi connectivity index (χ1) is 11.8. The lowest BCUT2D eigenvalue weighted by atomic mass is 9.44. The second kappa shape index (κ2) is 6.32. The third kappa shape index (κ3) is 2.61. The number of hydrogen-bond donors (Lipinski definition) is 1. The van der Waals surface area contributed by atoms with Crippen LogP contribution < -0.4 is 0 Å². The topological polar surface area (TPSA) is 0 Å². The number of hydrogen-bond acceptors (Lipinski definition) is 1. The van der Waals surface area contributed by atoms with Crippen molar-refractivity contribution in [2.75, 3.05) is 0 Å². The van der Waals surface area contributed by atoms with E-state index in [0.717, 1.165) is 35.5 Å². The van der Waals surface area contributed by atoms with Crippen LogP contribution in [-0.2, 0) is 0 Å². The molecule has 0 nitrogen and oxygen atoms in total. The van der Waals surface area contributed by atoms with E-state index in [1.807, 2.05) is 0 Å². The third-order valence-electron chi connectivity index (χ3n) is 9.62. The Kier molecular flexibility index (Phi) is 4.66. The summed E-state index contributed by atoms with van der Waals surface area (Å²) in [4.78, 5) is 0. The van der Waals surface area contributed by atoms with E-state index in [4.69, 9.17) is 12.6 Å². The molecule has 0 aromatic heterocycles. The van der Waals surface area contributed by atoms with Crippen LogP contribution in [0.1, 0.15) is 92.4 Å². The maximum atomic E-state index is 5.52. The van der Waals surface area contributed by atoms with E-state index < -0.39 is 0 Å².